The van der Waals surface area contributed by atoms with Crippen molar-refractivity contribution in [3.63, 3.8) is 0 Å². The smallest absolute Gasteiger partial charge is 0.180 e. The van der Waals surface area contributed by atoms with Gasteiger partial charge in [0, 0.05) is 4.57 Å². The first-order valence-electron chi connectivity index (χ1n) is 1.61. The number of thiol groups is 1. The fourth-order valence-electron chi connectivity index (χ4n) is 0. The summed E-state index contributed by atoms with van der Waals surface area (Å²) in [5.74, 6) is 0.944. The summed E-state index contributed by atoms with van der Waals surface area (Å²) < 4.78 is 8.70. The Morgan fingerprint density at radius 3 is 1.44 bits per heavy atom. The van der Waals surface area contributed by atoms with Crippen LogP contribution in [0.15, 0.2) is 0 Å². The summed E-state index contributed by atoms with van der Waals surface area (Å²) in [5, 5.41) is 0. The van der Waals surface area contributed by atoms with Crippen molar-refractivity contribution < 1.29 is 14.4 Å². The second-order valence-electron chi connectivity index (χ2n) is 0.569. The van der Waals surface area contributed by atoms with E-state index in [0.717, 1.165) is 5.75 Å². The Labute approximate surface area is 73.0 Å². The molecule has 0 bridgehead atoms. The van der Waals surface area contributed by atoms with E-state index in [0.29, 0.717) is 0 Å². The summed E-state index contributed by atoms with van der Waals surface area (Å²) in [4.78, 5) is 14.2. The molecule has 0 rings (SSSR count). The molecule has 0 radical (unpaired) electrons. The molecule has 0 aromatic heterocycles. The molecule has 0 aliphatic heterocycles. The number of rotatable bonds is 0. The number of hydrogen-bond acceptors (Lipinski definition) is 2. The minimum Gasteiger partial charge on any atom is -0.180 e. The lowest BCUT2D eigenvalue weighted by atomic mass is 11.0. The quantitative estimate of drug-likeness (QED) is 0.423. The normalized spacial score (nSPS) is 4.89. The van der Waals surface area contributed by atoms with Crippen molar-refractivity contribution in [2.75, 3.05) is 5.75 Å². The summed E-state index contributed by atoms with van der Waals surface area (Å²) in [7, 11) is -2.87. The van der Waals surface area contributed by atoms with Crippen molar-refractivity contribution in [1.29, 1.82) is 0 Å². The lowest BCUT2D eigenvalue weighted by molar-refractivity contribution is 0.405. The van der Waals surface area contributed by atoms with Crippen molar-refractivity contribution in [3.05, 3.63) is 0 Å². The van der Waals surface area contributed by atoms with E-state index in [-0.39, 0.29) is 24.8 Å². The lowest BCUT2D eigenvalue weighted by Crippen LogP contribution is -1.38. The zero-order chi connectivity index (χ0) is 6.28. The standard InChI is InChI=1S/C2H6S.2ClH.HO3P/c1-2-3;;;1-4(2)3/h3H,2H2,1H3;2*1H;(H-,1,2,3)/p+1. The van der Waals surface area contributed by atoms with Crippen LogP contribution >= 0.6 is 45.7 Å². The average molecular weight is 216 g/mol. The second-order valence-corrected chi connectivity index (χ2v) is 1.71. The Morgan fingerprint density at radius 1 is 1.44 bits per heavy atom. The van der Waals surface area contributed by atoms with Gasteiger partial charge in [-0.05, 0) is 5.75 Å². The second kappa shape index (κ2) is 23.1. The predicted octanol–water partition coefficient (Wildman–Crippen LogP) is 1.41. The van der Waals surface area contributed by atoms with Crippen LogP contribution in [0.25, 0.3) is 0 Å². The van der Waals surface area contributed by atoms with Gasteiger partial charge in [0.2, 0.25) is 0 Å². The van der Waals surface area contributed by atoms with Crippen molar-refractivity contribution in [2.24, 2.45) is 0 Å². The van der Waals surface area contributed by atoms with Gasteiger partial charge in [-0.15, -0.1) is 34.6 Å². The Bertz CT molecular complexity index is 51.1. The highest BCUT2D eigenvalue weighted by atomic mass is 35.5. The molecule has 0 atom stereocenters. The van der Waals surface area contributed by atoms with Gasteiger partial charge >= 0.3 is 8.25 Å². The van der Waals surface area contributed by atoms with E-state index in [1.165, 1.54) is 0 Å². The molecular weight excluding hydrogens is 206 g/mol. The van der Waals surface area contributed by atoms with Crippen LogP contribution in [-0.2, 0) is 4.57 Å². The highest BCUT2D eigenvalue weighted by Gasteiger charge is 1.93. The summed E-state index contributed by atoms with van der Waals surface area (Å²) >= 11 is 3.79. The maximum Gasteiger partial charge on any atom is 0.692 e. The number of hydrogen-bond donors (Lipinski definition) is 3. The van der Waals surface area contributed by atoms with Gasteiger partial charge in [-0.3, -0.25) is 0 Å². The lowest BCUT2D eigenvalue weighted by Gasteiger charge is -1.48. The minimum absolute atomic E-state index is 0. The van der Waals surface area contributed by atoms with E-state index in [9.17, 15) is 0 Å². The first kappa shape index (κ1) is 22.5. The topological polar surface area (TPSA) is 57.5 Å². The molecule has 7 heteroatoms. The fourth-order valence-corrected chi connectivity index (χ4v) is 0. The third kappa shape index (κ3) is 479. The molecule has 0 unspecified atom stereocenters. The van der Waals surface area contributed by atoms with E-state index >= 15 is 0 Å². The van der Waals surface area contributed by atoms with Gasteiger partial charge in [-0.2, -0.15) is 12.6 Å². The van der Waals surface area contributed by atoms with Gasteiger partial charge in [-0.1, -0.05) is 6.92 Å². The highest BCUT2D eigenvalue weighted by Crippen LogP contribution is 1.98. The van der Waals surface area contributed by atoms with Crippen molar-refractivity contribution in [2.45, 2.75) is 6.92 Å². The van der Waals surface area contributed by atoms with Crippen molar-refractivity contribution in [1.82, 2.24) is 0 Å². The molecule has 0 aromatic rings. The van der Waals surface area contributed by atoms with E-state index < -0.39 is 8.25 Å². The summed E-state index contributed by atoms with van der Waals surface area (Å²) in [6, 6.07) is 0. The van der Waals surface area contributed by atoms with Crippen LogP contribution in [0.5, 0.6) is 0 Å². The van der Waals surface area contributed by atoms with Crippen LogP contribution in [-0.4, -0.2) is 15.5 Å². The third-order valence-electron chi connectivity index (χ3n) is 0. The van der Waals surface area contributed by atoms with Gasteiger partial charge in [0.25, 0.3) is 0 Å². The zero-order valence-corrected chi connectivity index (χ0v) is 8.14. The van der Waals surface area contributed by atoms with Gasteiger partial charge in [0.05, 0.1) is 0 Å². The van der Waals surface area contributed by atoms with Crippen molar-refractivity contribution in [3.8, 4) is 0 Å². The van der Waals surface area contributed by atoms with E-state index in [1.54, 1.807) is 0 Å². The molecule has 0 aromatic carbocycles. The molecule has 0 aliphatic rings. The van der Waals surface area contributed by atoms with Crippen LogP contribution in [0.2, 0.25) is 0 Å². The summed E-state index contributed by atoms with van der Waals surface area (Å²) in [6.45, 7) is 1.99. The molecule has 0 fully saturated rings. The molecule has 60 valence electrons. The molecule has 0 heterocycles. The first-order valence-corrected chi connectivity index (χ1v) is 3.40. The van der Waals surface area contributed by atoms with Gasteiger partial charge in [0.15, 0.2) is 0 Å². The minimum atomic E-state index is -2.87. The summed E-state index contributed by atoms with van der Waals surface area (Å²) in [5.41, 5.74) is 0. The molecule has 0 aliphatic carbocycles. The van der Waals surface area contributed by atoms with Gasteiger partial charge < -0.3 is 0 Å². The molecule has 0 saturated carbocycles. The monoisotopic (exact) mass is 215 g/mol. The molecule has 0 saturated heterocycles. The Morgan fingerprint density at radius 2 is 1.44 bits per heavy atom. The van der Waals surface area contributed by atoms with Crippen molar-refractivity contribution >= 4 is 45.7 Å². The predicted molar refractivity (Wildman–Crippen MR) is 46.1 cm³/mol. The molecule has 9 heavy (non-hydrogen) atoms. The van der Waals surface area contributed by atoms with E-state index in [4.69, 9.17) is 14.4 Å². The Balaban J connectivity index is -0.0000000233. The maximum absolute atomic E-state index is 8.70. The molecule has 0 spiro atoms. The Hall–Kier alpha value is 0.950. The van der Waals surface area contributed by atoms with Crippen LogP contribution in [0.3, 0.4) is 0 Å². The van der Waals surface area contributed by atoms with Gasteiger partial charge in [0.1, 0.15) is 0 Å². The molecule has 2 N–H and O–H groups in total. The largest absolute Gasteiger partial charge is 0.692 e. The van der Waals surface area contributed by atoms with Crippen LogP contribution < -0.4 is 0 Å². The number of halogens is 2. The molecule has 0 amide bonds. The van der Waals surface area contributed by atoms with Crippen LogP contribution in [0, 0.1) is 0 Å². The van der Waals surface area contributed by atoms with Crippen LogP contribution in [0.4, 0.5) is 0 Å². The third-order valence-corrected chi connectivity index (χ3v) is 0. The van der Waals surface area contributed by atoms with Crippen LogP contribution in [0.1, 0.15) is 6.92 Å². The van der Waals surface area contributed by atoms with E-state index in [2.05, 4.69) is 12.6 Å². The first-order chi connectivity index (χ1) is 3.15. The summed E-state index contributed by atoms with van der Waals surface area (Å²) in [6.07, 6.45) is 0. The van der Waals surface area contributed by atoms with Gasteiger partial charge in [-0.25, -0.2) is 0 Å². The molecular formula is C2H10Cl2O3PS+. The average Bonchev–Trinajstić information content (AvgIpc) is 1.33. The Kier molecular flexibility index (Phi) is 57.7. The van der Waals surface area contributed by atoms with E-state index in [1.807, 2.05) is 6.92 Å². The maximum atomic E-state index is 8.70. The highest BCUT2D eigenvalue weighted by molar-refractivity contribution is 7.80. The fraction of sp³-hybridized carbons (Fsp3) is 1.00. The zero-order valence-electron chi connectivity index (χ0n) is 4.72. The SMILES string of the molecule is CCS.Cl.Cl.O=[P+](O)O. The molecule has 3 nitrogen and oxygen atoms in total.